The van der Waals surface area contributed by atoms with E-state index in [4.69, 9.17) is 4.74 Å². The average molecular weight is 553 g/mol. The van der Waals surface area contributed by atoms with Crippen molar-refractivity contribution >= 4 is 34.5 Å². The molecule has 0 saturated carbocycles. The Hall–Kier alpha value is -4.99. The highest BCUT2D eigenvalue weighted by molar-refractivity contribution is 6.09. The first-order chi connectivity index (χ1) is 19.7. The van der Waals surface area contributed by atoms with Crippen LogP contribution in [0.15, 0.2) is 59.5 Å². The zero-order valence-corrected chi connectivity index (χ0v) is 23.5. The van der Waals surface area contributed by atoms with E-state index in [1.54, 1.807) is 24.2 Å². The molecule has 1 aromatic heterocycles. The van der Waals surface area contributed by atoms with E-state index in [0.717, 1.165) is 28.3 Å². The SMILES string of the molecule is Cc1ccc(N2CCc3cc(N(C)C)ccc3C2=O)c(O)c1-c1cn(C)c(=O)c(Nc2ccc3c(c2)NCCO3)n1. The van der Waals surface area contributed by atoms with E-state index in [1.807, 2.05) is 68.4 Å². The van der Waals surface area contributed by atoms with Gasteiger partial charge in [-0.15, -0.1) is 0 Å². The number of nitrogens with one attached hydrogen (secondary N) is 2. The number of amides is 1. The van der Waals surface area contributed by atoms with Crippen molar-refractivity contribution in [1.82, 2.24) is 9.55 Å². The Bertz CT molecular complexity index is 1750. The maximum atomic E-state index is 13.6. The molecule has 0 fully saturated rings. The van der Waals surface area contributed by atoms with E-state index in [0.29, 0.717) is 54.3 Å². The predicted molar refractivity (Wildman–Crippen MR) is 161 cm³/mol. The van der Waals surface area contributed by atoms with Crippen LogP contribution >= 0.6 is 0 Å². The number of hydrogen-bond acceptors (Lipinski definition) is 8. The molecule has 4 aromatic rings. The molecule has 10 heteroatoms. The van der Waals surface area contributed by atoms with Gasteiger partial charge in [-0.05, 0) is 66.9 Å². The van der Waals surface area contributed by atoms with Crippen LogP contribution in [0.4, 0.5) is 28.6 Å². The summed E-state index contributed by atoms with van der Waals surface area (Å²) in [6.45, 7) is 3.59. The van der Waals surface area contributed by atoms with Gasteiger partial charge in [0.15, 0.2) is 5.82 Å². The Kier molecular flexibility index (Phi) is 6.53. The van der Waals surface area contributed by atoms with Crippen molar-refractivity contribution in [3.8, 4) is 22.8 Å². The lowest BCUT2D eigenvalue weighted by Gasteiger charge is -2.30. The summed E-state index contributed by atoms with van der Waals surface area (Å²) < 4.78 is 7.08. The number of phenols is 1. The van der Waals surface area contributed by atoms with Crippen molar-refractivity contribution in [2.45, 2.75) is 13.3 Å². The number of ether oxygens (including phenoxy) is 1. The van der Waals surface area contributed by atoms with E-state index in [1.165, 1.54) is 4.57 Å². The molecule has 3 heterocycles. The Morgan fingerprint density at radius 3 is 2.73 bits per heavy atom. The van der Waals surface area contributed by atoms with Gasteiger partial charge in [-0.3, -0.25) is 9.59 Å². The summed E-state index contributed by atoms with van der Waals surface area (Å²) in [5, 5.41) is 18.0. The molecule has 0 aliphatic carbocycles. The second kappa shape index (κ2) is 10.2. The largest absolute Gasteiger partial charge is 0.505 e. The van der Waals surface area contributed by atoms with E-state index in [-0.39, 0.29) is 23.0 Å². The first-order valence-electron chi connectivity index (χ1n) is 13.5. The quantitative estimate of drug-likeness (QED) is 0.337. The molecule has 10 nitrogen and oxygen atoms in total. The summed E-state index contributed by atoms with van der Waals surface area (Å²) in [5.74, 6) is 0.647. The molecule has 0 unspecified atom stereocenters. The number of nitrogens with zero attached hydrogens (tertiary/aromatic N) is 4. The average Bonchev–Trinajstić information content (AvgIpc) is 2.96. The molecule has 0 saturated heterocycles. The van der Waals surface area contributed by atoms with Gasteiger partial charge in [0.2, 0.25) is 0 Å². The van der Waals surface area contributed by atoms with Crippen molar-refractivity contribution in [2.24, 2.45) is 7.05 Å². The van der Waals surface area contributed by atoms with Crippen molar-refractivity contribution in [1.29, 1.82) is 0 Å². The molecule has 0 spiro atoms. The summed E-state index contributed by atoms with van der Waals surface area (Å²) in [4.78, 5) is 34.8. The van der Waals surface area contributed by atoms with E-state index in [2.05, 4.69) is 15.6 Å². The highest BCUT2D eigenvalue weighted by atomic mass is 16.5. The minimum Gasteiger partial charge on any atom is -0.505 e. The van der Waals surface area contributed by atoms with Crippen LogP contribution in [0.2, 0.25) is 0 Å². The Morgan fingerprint density at radius 1 is 1.10 bits per heavy atom. The summed E-state index contributed by atoms with van der Waals surface area (Å²) >= 11 is 0. The fourth-order valence-electron chi connectivity index (χ4n) is 5.37. The zero-order chi connectivity index (χ0) is 28.8. The molecule has 2 aliphatic heterocycles. The van der Waals surface area contributed by atoms with Gasteiger partial charge in [-0.2, -0.15) is 0 Å². The number of aromatic hydroxyl groups is 1. The lowest BCUT2D eigenvalue weighted by Crippen LogP contribution is -2.37. The fourth-order valence-corrected chi connectivity index (χ4v) is 5.37. The molecule has 41 heavy (non-hydrogen) atoms. The molecule has 0 radical (unpaired) electrons. The standard InChI is InChI=1S/C31H32N6O4/c1-18-5-9-25(37-13-11-19-15-21(35(2)3)7-8-22(19)30(37)39)28(38)27(18)24-17-36(4)31(40)29(34-24)33-20-6-10-26-23(16-20)32-12-14-41-26/h5-10,15-17,32,38H,11-14H2,1-4H3,(H,33,34). The number of fused-ring (bicyclic) bond motifs is 2. The van der Waals surface area contributed by atoms with Crippen molar-refractivity contribution in [3.05, 3.63) is 81.8 Å². The molecule has 3 aromatic carbocycles. The van der Waals surface area contributed by atoms with Gasteiger partial charge < -0.3 is 34.8 Å². The van der Waals surface area contributed by atoms with Crippen LogP contribution in [-0.4, -0.2) is 54.4 Å². The van der Waals surface area contributed by atoms with Gasteiger partial charge >= 0.3 is 0 Å². The molecule has 6 rings (SSSR count). The number of aryl methyl sites for hydroxylation is 2. The number of carbonyl (C=O) groups excluding carboxylic acids is 1. The van der Waals surface area contributed by atoms with Gasteiger partial charge in [0.05, 0.1) is 17.1 Å². The van der Waals surface area contributed by atoms with E-state index in [9.17, 15) is 14.7 Å². The third-order valence-corrected chi connectivity index (χ3v) is 7.59. The first-order valence-corrected chi connectivity index (χ1v) is 13.5. The van der Waals surface area contributed by atoms with Crippen LogP contribution in [0.5, 0.6) is 11.5 Å². The van der Waals surface area contributed by atoms with Gasteiger partial charge in [0.25, 0.3) is 11.5 Å². The fraction of sp³-hybridized carbons (Fsp3) is 0.258. The topological polar surface area (TPSA) is 112 Å². The summed E-state index contributed by atoms with van der Waals surface area (Å²) in [7, 11) is 5.58. The lowest BCUT2D eigenvalue weighted by molar-refractivity contribution is 0.0980. The molecule has 0 bridgehead atoms. The van der Waals surface area contributed by atoms with Crippen LogP contribution in [0.1, 0.15) is 21.5 Å². The van der Waals surface area contributed by atoms with Gasteiger partial charge in [0.1, 0.15) is 18.1 Å². The third-order valence-electron chi connectivity index (χ3n) is 7.59. The highest BCUT2D eigenvalue weighted by Crippen LogP contribution is 2.41. The van der Waals surface area contributed by atoms with Gasteiger partial charge in [-0.25, -0.2) is 4.98 Å². The zero-order valence-electron chi connectivity index (χ0n) is 23.5. The van der Waals surface area contributed by atoms with Crippen LogP contribution in [0.3, 0.4) is 0 Å². The van der Waals surface area contributed by atoms with Crippen LogP contribution in [0, 0.1) is 6.92 Å². The summed E-state index contributed by atoms with van der Waals surface area (Å²) in [6.07, 6.45) is 2.26. The first kappa shape index (κ1) is 26.2. The Morgan fingerprint density at radius 2 is 1.93 bits per heavy atom. The molecule has 1 amide bonds. The smallest absolute Gasteiger partial charge is 0.293 e. The van der Waals surface area contributed by atoms with E-state index >= 15 is 0 Å². The van der Waals surface area contributed by atoms with Crippen molar-refractivity contribution in [2.75, 3.05) is 54.2 Å². The molecule has 3 N–H and O–H groups in total. The van der Waals surface area contributed by atoms with Crippen molar-refractivity contribution < 1.29 is 14.6 Å². The summed E-state index contributed by atoms with van der Waals surface area (Å²) in [5.41, 5.74) is 5.88. The van der Waals surface area contributed by atoms with Crippen LogP contribution in [0.25, 0.3) is 11.3 Å². The molecular formula is C31H32N6O4. The number of benzene rings is 3. The number of carbonyl (C=O) groups is 1. The van der Waals surface area contributed by atoms with E-state index < -0.39 is 0 Å². The number of rotatable bonds is 5. The predicted octanol–water partition coefficient (Wildman–Crippen LogP) is 4.28. The van der Waals surface area contributed by atoms with Gasteiger partial charge in [-0.1, -0.05) is 6.07 Å². The molecule has 2 aliphatic rings. The maximum Gasteiger partial charge on any atom is 0.293 e. The van der Waals surface area contributed by atoms with Crippen LogP contribution in [-0.2, 0) is 13.5 Å². The normalized spacial score (nSPS) is 14.0. The Labute approximate surface area is 237 Å². The molecule has 0 atom stereocenters. The number of phenolic OH excluding ortho intramolecular Hbond substituents is 1. The van der Waals surface area contributed by atoms with Crippen LogP contribution < -0.4 is 30.7 Å². The van der Waals surface area contributed by atoms with Gasteiger partial charge in [0, 0.05) is 62.9 Å². The highest BCUT2D eigenvalue weighted by Gasteiger charge is 2.29. The second-order valence-corrected chi connectivity index (χ2v) is 10.6. The Balaban J connectivity index is 1.36. The number of anilines is 5. The lowest BCUT2D eigenvalue weighted by atomic mass is 9.96. The molecule has 210 valence electrons. The number of aromatic nitrogens is 2. The minimum absolute atomic E-state index is 0.0565. The summed E-state index contributed by atoms with van der Waals surface area (Å²) in [6, 6.07) is 15.0. The second-order valence-electron chi connectivity index (χ2n) is 10.6. The molecular weight excluding hydrogens is 520 g/mol. The number of hydrogen-bond donors (Lipinski definition) is 3. The maximum absolute atomic E-state index is 13.6. The van der Waals surface area contributed by atoms with Crippen molar-refractivity contribution in [3.63, 3.8) is 0 Å². The monoisotopic (exact) mass is 552 g/mol. The minimum atomic E-state index is -0.316. The third kappa shape index (κ3) is 4.71.